The van der Waals surface area contributed by atoms with Crippen molar-refractivity contribution in [3.05, 3.63) is 77.2 Å². The van der Waals surface area contributed by atoms with E-state index in [4.69, 9.17) is 14.6 Å². The lowest BCUT2D eigenvalue weighted by atomic mass is 9.91. The van der Waals surface area contributed by atoms with Crippen molar-refractivity contribution in [3.63, 3.8) is 0 Å². The molecular weight excluding hydrogens is 639 g/mol. The van der Waals surface area contributed by atoms with Crippen LogP contribution in [0.15, 0.2) is 54.7 Å². The molecule has 6 rings (SSSR count). The van der Waals surface area contributed by atoms with Gasteiger partial charge in [0.2, 0.25) is 5.88 Å². The SMILES string of the molecule is CC(C)N1CCN(Cc2ccc(-c3cccc(Oc4ncc(F)cc4C(=O)NC4CCC(NC(=O)O)CC4)c3)c(CN3CCOCC3)c2)CC1. The van der Waals surface area contributed by atoms with E-state index in [-0.39, 0.29) is 23.5 Å². The summed E-state index contributed by atoms with van der Waals surface area (Å²) in [6.45, 7) is 13.7. The van der Waals surface area contributed by atoms with Gasteiger partial charge in [0.05, 0.1) is 19.4 Å². The van der Waals surface area contributed by atoms with Gasteiger partial charge in [-0.3, -0.25) is 19.5 Å². The predicted octanol–water partition coefficient (Wildman–Crippen LogP) is 5.35. The summed E-state index contributed by atoms with van der Waals surface area (Å²) in [7, 11) is 0. The fraction of sp³-hybridized carbons (Fsp3) is 0.500. The first kappa shape index (κ1) is 35.7. The summed E-state index contributed by atoms with van der Waals surface area (Å²) in [5.74, 6) is -0.615. The van der Waals surface area contributed by atoms with Gasteiger partial charge >= 0.3 is 6.09 Å². The maximum atomic E-state index is 14.4. The number of carboxylic acid groups (broad SMARTS) is 1. The van der Waals surface area contributed by atoms with Gasteiger partial charge in [0.15, 0.2) is 0 Å². The molecule has 3 N–H and O–H groups in total. The molecule has 3 heterocycles. The maximum absolute atomic E-state index is 14.4. The van der Waals surface area contributed by atoms with Crippen LogP contribution in [0.1, 0.15) is 61.0 Å². The number of aromatic nitrogens is 1. The molecule has 2 saturated heterocycles. The van der Waals surface area contributed by atoms with Crippen molar-refractivity contribution < 1.29 is 28.6 Å². The molecule has 3 aromatic rings. The molecule has 1 saturated carbocycles. The van der Waals surface area contributed by atoms with Crippen molar-refractivity contribution in [3.8, 4) is 22.8 Å². The molecule has 0 atom stereocenters. The normalized spacial score (nSPS) is 20.8. The number of nitrogens with zero attached hydrogens (tertiary/aromatic N) is 4. The predicted molar refractivity (Wildman–Crippen MR) is 189 cm³/mol. The van der Waals surface area contributed by atoms with Crippen LogP contribution in [0.3, 0.4) is 0 Å². The minimum absolute atomic E-state index is 0.00720. The Morgan fingerprint density at radius 2 is 1.62 bits per heavy atom. The molecule has 0 spiro atoms. The van der Waals surface area contributed by atoms with Crippen LogP contribution in [0, 0.1) is 5.82 Å². The first-order chi connectivity index (χ1) is 24.2. The van der Waals surface area contributed by atoms with E-state index in [1.165, 1.54) is 11.1 Å². The number of morpholine rings is 1. The highest BCUT2D eigenvalue weighted by Gasteiger charge is 2.26. The second-order valence-corrected chi connectivity index (χ2v) is 13.9. The maximum Gasteiger partial charge on any atom is 0.404 e. The van der Waals surface area contributed by atoms with Gasteiger partial charge in [0.1, 0.15) is 17.1 Å². The highest BCUT2D eigenvalue weighted by Crippen LogP contribution is 2.32. The number of piperazine rings is 1. The highest BCUT2D eigenvalue weighted by atomic mass is 19.1. The number of carbonyl (C=O) groups is 2. The first-order valence-corrected chi connectivity index (χ1v) is 17.8. The molecule has 12 heteroatoms. The van der Waals surface area contributed by atoms with Crippen molar-refractivity contribution in [1.82, 2.24) is 30.3 Å². The molecule has 2 aromatic carbocycles. The van der Waals surface area contributed by atoms with Crippen molar-refractivity contribution in [2.45, 2.75) is 70.7 Å². The molecule has 1 aliphatic carbocycles. The molecule has 2 aliphatic heterocycles. The number of rotatable bonds is 11. The minimum atomic E-state index is -1.05. The molecule has 0 radical (unpaired) electrons. The third kappa shape index (κ3) is 9.57. The van der Waals surface area contributed by atoms with Crippen molar-refractivity contribution in [1.29, 1.82) is 0 Å². The van der Waals surface area contributed by atoms with E-state index < -0.39 is 17.8 Å². The van der Waals surface area contributed by atoms with Crippen LogP contribution in [0.2, 0.25) is 0 Å². The number of hydrogen-bond donors (Lipinski definition) is 3. The van der Waals surface area contributed by atoms with Crippen LogP contribution in [-0.2, 0) is 17.8 Å². The number of halogens is 1. The molecule has 3 fully saturated rings. The van der Waals surface area contributed by atoms with E-state index in [1.54, 1.807) is 6.07 Å². The van der Waals surface area contributed by atoms with Crippen LogP contribution in [0.4, 0.5) is 9.18 Å². The highest BCUT2D eigenvalue weighted by molar-refractivity contribution is 5.96. The smallest absolute Gasteiger partial charge is 0.404 e. The summed E-state index contributed by atoms with van der Waals surface area (Å²) in [5, 5.41) is 14.5. The molecular formula is C38H49FN6O5. The summed E-state index contributed by atoms with van der Waals surface area (Å²) in [4.78, 5) is 36.0. The van der Waals surface area contributed by atoms with Crippen molar-refractivity contribution in [2.75, 3.05) is 52.5 Å². The van der Waals surface area contributed by atoms with Gasteiger partial charge in [-0.15, -0.1) is 0 Å². The second kappa shape index (κ2) is 16.7. The molecule has 50 heavy (non-hydrogen) atoms. The van der Waals surface area contributed by atoms with Gasteiger partial charge < -0.3 is 25.2 Å². The lowest BCUT2D eigenvalue weighted by Crippen LogP contribution is -2.48. The van der Waals surface area contributed by atoms with E-state index >= 15 is 0 Å². The third-order valence-corrected chi connectivity index (χ3v) is 10.0. The number of amides is 2. The Kier molecular flexibility index (Phi) is 12.0. The average Bonchev–Trinajstić information content (AvgIpc) is 3.10. The van der Waals surface area contributed by atoms with Crippen molar-refractivity contribution in [2.24, 2.45) is 0 Å². The van der Waals surface area contributed by atoms with E-state index in [0.29, 0.717) is 37.5 Å². The van der Waals surface area contributed by atoms with E-state index in [2.05, 4.69) is 68.4 Å². The number of carbonyl (C=O) groups excluding carboxylic acids is 1. The molecule has 11 nitrogen and oxygen atoms in total. The van der Waals surface area contributed by atoms with Gasteiger partial charge in [0.25, 0.3) is 5.91 Å². The average molecular weight is 689 g/mol. The molecule has 3 aliphatic rings. The van der Waals surface area contributed by atoms with Crippen LogP contribution in [0.5, 0.6) is 11.6 Å². The number of ether oxygens (including phenoxy) is 2. The number of hydrogen-bond acceptors (Lipinski definition) is 8. The summed E-state index contributed by atoms with van der Waals surface area (Å²) < 4.78 is 26.2. The Labute approximate surface area is 293 Å². The Morgan fingerprint density at radius 3 is 2.32 bits per heavy atom. The minimum Gasteiger partial charge on any atom is -0.465 e. The molecule has 268 valence electrons. The Bertz CT molecular complexity index is 1620. The lowest BCUT2D eigenvalue weighted by Gasteiger charge is -2.37. The Hall–Kier alpha value is -4.10. The lowest BCUT2D eigenvalue weighted by molar-refractivity contribution is 0.0342. The van der Waals surface area contributed by atoms with Gasteiger partial charge in [-0.2, -0.15) is 0 Å². The summed E-state index contributed by atoms with van der Waals surface area (Å²) in [6, 6.07) is 15.9. The number of pyridine rings is 1. The standard InChI is InChI=1S/C38H49FN6O5/c1-26(2)45-14-12-43(13-15-45)24-27-6-11-34(29(20-27)25-44-16-18-49-19-17-44)28-4-3-5-33(21-28)50-37-35(22-30(39)23-40-37)36(46)41-31-7-9-32(10-8-31)42-38(47)48/h3-6,11,20-23,26,31-32,42H,7-10,12-19,24-25H2,1-2H3,(H,41,46)(H,47,48). The zero-order chi connectivity index (χ0) is 35.0. The van der Waals surface area contributed by atoms with E-state index in [0.717, 1.165) is 89.0 Å². The summed E-state index contributed by atoms with van der Waals surface area (Å²) >= 11 is 0. The number of nitrogens with one attached hydrogen (secondary N) is 2. The first-order valence-electron chi connectivity index (χ1n) is 17.8. The van der Waals surface area contributed by atoms with E-state index in [1.807, 2.05) is 12.1 Å². The molecule has 2 amide bonds. The third-order valence-electron chi connectivity index (χ3n) is 10.0. The summed E-state index contributed by atoms with van der Waals surface area (Å²) in [5.41, 5.74) is 4.61. The summed E-state index contributed by atoms with van der Waals surface area (Å²) in [6.07, 6.45) is 2.43. The molecule has 1 aromatic heterocycles. The fourth-order valence-corrected chi connectivity index (χ4v) is 7.18. The Balaban J connectivity index is 1.18. The monoisotopic (exact) mass is 688 g/mol. The van der Waals surface area contributed by atoms with E-state index in [9.17, 15) is 14.0 Å². The largest absolute Gasteiger partial charge is 0.465 e. The quantitative estimate of drug-likeness (QED) is 0.245. The van der Waals surface area contributed by atoms with Crippen LogP contribution < -0.4 is 15.4 Å². The zero-order valence-electron chi connectivity index (χ0n) is 29.1. The van der Waals surface area contributed by atoms with Crippen LogP contribution in [-0.4, -0.2) is 107 Å². The van der Waals surface area contributed by atoms with Crippen LogP contribution >= 0.6 is 0 Å². The topological polar surface area (TPSA) is 120 Å². The fourth-order valence-electron chi connectivity index (χ4n) is 7.18. The Morgan fingerprint density at radius 1 is 0.920 bits per heavy atom. The number of benzene rings is 2. The van der Waals surface area contributed by atoms with Gasteiger partial charge in [-0.05, 0) is 80.0 Å². The van der Waals surface area contributed by atoms with Gasteiger partial charge in [0, 0.05) is 70.5 Å². The second-order valence-electron chi connectivity index (χ2n) is 13.9. The van der Waals surface area contributed by atoms with Crippen molar-refractivity contribution >= 4 is 12.0 Å². The zero-order valence-corrected chi connectivity index (χ0v) is 29.1. The van der Waals surface area contributed by atoms with Crippen LogP contribution in [0.25, 0.3) is 11.1 Å². The van der Waals surface area contributed by atoms with Gasteiger partial charge in [-0.1, -0.05) is 30.3 Å². The molecule has 0 bridgehead atoms. The molecule has 0 unspecified atom stereocenters. The van der Waals surface area contributed by atoms with Gasteiger partial charge in [-0.25, -0.2) is 14.2 Å².